The molecule has 1 aliphatic rings. The summed E-state index contributed by atoms with van der Waals surface area (Å²) in [4.78, 5) is 0. The summed E-state index contributed by atoms with van der Waals surface area (Å²) in [6.07, 6.45) is -0.632. The molecule has 0 saturated carbocycles. The fraction of sp³-hybridized carbons (Fsp3) is 0.429. The van der Waals surface area contributed by atoms with Crippen LogP contribution in [0.3, 0.4) is 0 Å². The Kier molecular flexibility index (Phi) is 6.05. The number of rotatable bonds is 5. The molecule has 27 heavy (non-hydrogen) atoms. The van der Waals surface area contributed by atoms with Crippen LogP contribution in [0.15, 0.2) is 42.5 Å². The summed E-state index contributed by atoms with van der Waals surface area (Å²) in [6, 6.07) is 10.1. The van der Waals surface area contributed by atoms with Gasteiger partial charge in [-0.2, -0.15) is 0 Å². The molecule has 1 aliphatic heterocycles. The van der Waals surface area contributed by atoms with Crippen molar-refractivity contribution in [2.24, 2.45) is 5.92 Å². The van der Waals surface area contributed by atoms with Gasteiger partial charge in [-0.25, -0.2) is 4.39 Å². The van der Waals surface area contributed by atoms with Crippen LogP contribution in [0.2, 0.25) is 0 Å². The largest absolute Gasteiger partial charge is 0.573 e. The van der Waals surface area contributed by atoms with Gasteiger partial charge >= 0.3 is 6.36 Å². The van der Waals surface area contributed by atoms with Crippen molar-refractivity contribution in [3.05, 3.63) is 53.8 Å². The molecule has 1 heterocycles. The van der Waals surface area contributed by atoms with Crippen LogP contribution in [0.4, 0.5) is 17.6 Å². The molecule has 2 aromatic carbocycles. The molecule has 2 aromatic rings. The lowest BCUT2D eigenvalue weighted by molar-refractivity contribution is -0.274. The predicted molar refractivity (Wildman–Crippen MR) is 94.8 cm³/mol. The zero-order valence-electron chi connectivity index (χ0n) is 15.1. The predicted octanol–water partition coefficient (Wildman–Crippen LogP) is 6.66. The first-order valence-corrected chi connectivity index (χ1v) is 9.13. The van der Waals surface area contributed by atoms with E-state index in [-0.39, 0.29) is 11.9 Å². The first-order chi connectivity index (χ1) is 12.9. The molecule has 3 rings (SSSR count). The molecule has 0 aromatic heterocycles. The molecular weight excluding hydrogens is 360 g/mol. The van der Waals surface area contributed by atoms with E-state index in [1.807, 2.05) is 6.07 Å². The van der Waals surface area contributed by atoms with Crippen molar-refractivity contribution < 1.29 is 27.0 Å². The molecule has 2 nitrogen and oxygen atoms in total. The van der Waals surface area contributed by atoms with Gasteiger partial charge in [0.1, 0.15) is 11.6 Å². The maximum Gasteiger partial charge on any atom is 0.573 e. The lowest BCUT2D eigenvalue weighted by Crippen LogP contribution is -2.20. The molecule has 0 bridgehead atoms. The highest BCUT2D eigenvalue weighted by Gasteiger charge is 2.31. The van der Waals surface area contributed by atoms with E-state index in [4.69, 9.17) is 4.74 Å². The number of benzene rings is 2. The van der Waals surface area contributed by atoms with Crippen LogP contribution >= 0.6 is 0 Å². The summed E-state index contributed by atoms with van der Waals surface area (Å²) < 4.78 is 61.0. The highest BCUT2D eigenvalue weighted by molar-refractivity contribution is 5.65. The molecule has 0 N–H and O–H groups in total. The maximum absolute atomic E-state index is 14.6. The molecule has 0 amide bonds. The second-order valence-electron chi connectivity index (χ2n) is 6.87. The van der Waals surface area contributed by atoms with Gasteiger partial charge in [0, 0.05) is 5.56 Å². The van der Waals surface area contributed by atoms with Crippen molar-refractivity contribution in [3.8, 4) is 16.9 Å². The highest BCUT2D eigenvalue weighted by atomic mass is 19.4. The first-order valence-electron chi connectivity index (χ1n) is 9.13. The summed E-state index contributed by atoms with van der Waals surface area (Å²) in [6.45, 7) is 2.85. The van der Waals surface area contributed by atoms with Gasteiger partial charge in [-0.1, -0.05) is 37.6 Å². The molecule has 0 aliphatic carbocycles. The number of halogens is 4. The van der Waals surface area contributed by atoms with Crippen LogP contribution < -0.4 is 4.74 Å². The fourth-order valence-electron chi connectivity index (χ4n) is 3.51. The van der Waals surface area contributed by atoms with Gasteiger partial charge in [-0.05, 0) is 54.5 Å². The minimum absolute atomic E-state index is 0.107. The first kappa shape index (κ1) is 19.7. The van der Waals surface area contributed by atoms with Crippen molar-refractivity contribution >= 4 is 0 Å². The second-order valence-corrected chi connectivity index (χ2v) is 6.87. The van der Waals surface area contributed by atoms with Gasteiger partial charge in [0.2, 0.25) is 0 Å². The van der Waals surface area contributed by atoms with Crippen molar-refractivity contribution in [2.75, 3.05) is 6.61 Å². The average molecular weight is 382 g/mol. The third-order valence-corrected chi connectivity index (χ3v) is 4.83. The van der Waals surface area contributed by atoms with Crippen molar-refractivity contribution in [3.63, 3.8) is 0 Å². The van der Waals surface area contributed by atoms with Crippen molar-refractivity contribution in [1.29, 1.82) is 0 Å². The third kappa shape index (κ3) is 5.22. The van der Waals surface area contributed by atoms with Crippen LogP contribution in [-0.4, -0.2) is 13.0 Å². The van der Waals surface area contributed by atoms with Crippen LogP contribution in [0.5, 0.6) is 5.75 Å². The van der Waals surface area contributed by atoms with Crippen LogP contribution in [0.1, 0.15) is 44.3 Å². The van der Waals surface area contributed by atoms with Crippen LogP contribution in [-0.2, 0) is 4.74 Å². The quantitative estimate of drug-likeness (QED) is 0.539. The Morgan fingerprint density at radius 1 is 1.07 bits per heavy atom. The Hall–Kier alpha value is -2.08. The SMILES string of the molecule is CCCC1CCC(c2ccc(-c3ccc(OC(F)(F)F)cc3)c(F)c2)OC1. The lowest BCUT2D eigenvalue weighted by Gasteiger charge is -2.29. The summed E-state index contributed by atoms with van der Waals surface area (Å²) >= 11 is 0. The topological polar surface area (TPSA) is 18.5 Å². The van der Waals surface area contributed by atoms with Gasteiger partial charge in [-0.3, -0.25) is 0 Å². The highest BCUT2D eigenvalue weighted by Crippen LogP contribution is 2.35. The van der Waals surface area contributed by atoms with Crippen molar-refractivity contribution in [1.82, 2.24) is 0 Å². The normalized spacial score (nSPS) is 20.5. The molecule has 146 valence electrons. The monoisotopic (exact) mass is 382 g/mol. The van der Waals surface area contributed by atoms with Gasteiger partial charge < -0.3 is 9.47 Å². The number of hydrogen-bond donors (Lipinski definition) is 0. The summed E-state index contributed by atoms with van der Waals surface area (Å²) in [7, 11) is 0. The van der Waals surface area contributed by atoms with Gasteiger partial charge in [0.25, 0.3) is 0 Å². The Morgan fingerprint density at radius 3 is 2.37 bits per heavy atom. The fourth-order valence-corrected chi connectivity index (χ4v) is 3.51. The molecule has 0 spiro atoms. The van der Waals surface area contributed by atoms with Crippen molar-refractivity contribution in [2.45, 2.75) is 45.1 Å². The van der Waals surface area contributed by atoms with E-state index in [0.717, 1.165) is 31.2 Å². The van der Waals surface area contributed by atoms with E-state index in [2.05, 4.69) is 11.7 Å². The maximum atomic E-state index is 14.6. The Bertz CT molecular complexity index is 748. The van der Waals surface area contributed by atoms with Crippen LogP contribution in [0.25, 0.3) is 11.1 Å². The van der Waals surface area contributed by atoms with E-state index < -0.39 is 12.2 Å². The second kappa shape index (κ2) is 8.30. The zero-order valence-corrected chi connectivity index (χ0v) is 15.1. The van der Waals surface area contributed by atoms with E-state index in [1.165, 1.54) is 30.3 Å². The summed E-state index contributed by atoms with van der Waals surface area (Å²) in [5.74, 6) is -0.176. The molecule has 0 radical (unpaired) electrons. The Morgan fingerprint density at radius 2 is 1.81 bits per heavy atom. The summed E-state index contributed by atoms with van der Waals surface area (Å²) in [5, 5.41) is 0. The molecule has 2 atom stereocenters. The van der Waals surface area contributed by atoms with Gasteiger partial charge in [-0.15, -0.1) is 13.2 Å². The molecule has 6 heteroatoms. The number of hydrogen-bond acceptors (Lipinski definition) is 2. The molecule has 1 fully saturated rings. The molecular formula is C21H22F4O2. The van der Waals surface area contributed by atoms with Gasteiger partial charge in [0.15, 0.2) is 0 Å². The lowest BCUT2D eigenvalue weighted by atomic mass is 9.91. The smallest absolute Gasteiger partial charge is 0.406 e. The third-order valence-electron chi connectivity index (χ3n) is 4.83. The standard InChI is InChI=1S/C21H22F4O2/c1-2-3-14-4-11-20(26-13-14)16-7-10-18(19(22)12-16)15-5-8-17(9-6-15)27-21(23,24)25/h5-10,12,14,20H,2-4,11,13H2,1H3. The summed E-state index contributed by atoms with van der Waals surface area (Å²) in [5.41, 5.74) is 1.61. The minimum Gasteiger partial charge on any atom is -0.406 e. The van der Waals surface area contributed by atoms with Gasteiger partial charge in [0.05, 0.1) is 12.7 Å². The van der Waals surface area contributed by atoms with E-state index in [0.29, 0.717) is 23.7 Å². The van der Waals surface area contributed by atoms with E-state index in [9.17, 15) is 17.6 Å². The van der Waals surface area contributed by atoms with E-state index in [1.54, 1.807) is 6.07 Å². The zero-order chi connectivity index (χ0) is 19.4. The number of ether oxygens (including phenoxy) is 2. The Balaban J connectivity index is 1.70. The molecule has 1 saturated heterocycles. The number of alkyl halides is 3. The van der Waals surface area contributed by atoms with E-state index >= 15 is 0 Å². The van der Waals surface area contributed by atoms with Crippen LogP contribution in [0, 0.1) is 11.7 Å². The molecule has 2 unspecified atom stereocenters. The average Bonchev–Trinajstić information content (AvgIpc) is 2.62. The Labute approximate surface area is 156 Å². The minimum atomic E-state index is -4.75.